The summed E-state index contributed by atoms with van der Waals surface area (Å²) in [4.78, 5) is 23.9. The molecule has 8 nitrogen and oxygen atoms in total. The maximum Gasteiger partial charge on any atom is 0.359 e. The summed E-state index contributed by atoms with van der Waals surface area (Å²) in [6, 6.07) is 16.4. The van der Waals surface area contributed by atoms with Crippen LogP contribution in [0.15, 0.2) is 67.1 Å². The topological polar surface area (TPSA) is 78.1 Å². The van der Waals surface area contributed by atoms with Crippen LogP contribution in [0.5, 0.6) is 0 Å². The Morgan fingerprint density at radius 2 is 1.89 bits per heavy atom. The van der Waals surface area contributed by atoms with Crippen molar-refractivity contribution in [2.75, 3.05) is 13.2 Å². The number of hydrogen-bond donors (Lipinski definition) is 0. The molecule has 1 aliphatic rings. The predicted molar refractivity (Wildman–Crippen MR) is 132 cm³/mol. The van der Waals surface area contributed by atoms with Gasteiger partial charge in [-0.1, -0.05) is 30.3 Å². The minimum absolute atomic E-state index is 0.336. The molecule has 4 heterocycles. The highest BCUT2D eigenvalue weighted by atomic mass is 16.5. The number of rotatable bonds is 9. The normalized spacial score (nSPS) is 13.5. The molecule has 0 bridgehead atoms. The van der Waals surface area contributed by atoms with E-state index in [4.69, 9.17) is 9.84 Å². The molecule has 5 rings (SSSR count). The molecule has 1 aliphatic heterocycles. The number of benzene rings is 1. The van der Waals surface area contributed by atoms with Gasteiger partial charge in [0.1, 0.15) is 0 Å². The van der Waals surface area contributed by atoms with E-state index in [-0.39, 0.29) is 5.97 Å². The summed E-state index contributed by atoms with van der Waals surface area (Å²) >= 11 is 0. The highest BCUT2D eigenvalue weighted by Gasteiger charge is 2.29. The van der Waals surface area contributed by atoms with E-state index in [0.717, 1.165) is 55.8 Å². The Morgan fingerprint density at radius 1 is 1.06 bits per heavy atom. The number of aryl methyl sites for hydroxylation is 2. The molecule has 3 aromatic heterocycles. The van der Waals surface area contributed by atoms with Crippen molar-refractivity contribution in [2.24, 2.45) is 0 Å². The second-order valence-electron chi connectivity index (χ2n) is 8.69. The highest BCUT2D eigenvalue weighted by Crippen LogP contribution is 2.25. The lowest BCUT2D eigenvalue weighted by Crippen LogP contribution is -2.32. The molecule has 4 aromatic rings. The Kier molecular flexibility index (Phi) is 6.99. The summed E-state index contributed by atoms with van der Waals surface area (Å²) in [7, 11) is 0. The first kappa shape index (κ1) is 23.0. The lowest BCUT2D eigenvalue weighted by molar-refractivity contribution is 0.0515. The molecular weight excluding hydrogens is 440 g/mol. The Balaban J connectivity index is 1.33. The van der Waals surface area contributed by atoms with Gasteiger partial charge in [-0.05, 0) is 43.5 Å². The number of carbonyl (C=O) groups excluding carboxylic acids is 1. The average molecular weight is 471 g/mol. The Hall–Kier alpha value is -3.78. The third-order valence-corrected chi connectivity index (χ3v) is 6.35. The minimum atomic E-state index is -0.339. The molecule has 0 atom stereocenters. The summed E-state index contributed by atoms with van der Waals surface area (Å²) < 4.78 is 9.38. The van der Waals surface area contributed by atoms with Crippen LogP contribution in [0.1, 0.15) is 46.3 Å². The minimum Gasteiger partial charge on any atom is -0.461 e. The van der Waals surface area contributed by atoms with Crippen LogP contribution >= 0.6 is 0 Å². The van der Waals surface area contributed by atoms with Crippen LogP contribution in [-0.4, -0.2) is 48.3 Å². The van der Waals surface area contributed by atoms with E-state index in [2.05, 4.69) is 45.2 Å². The number of nitrogens with zero attached hydrogens (tertiary/aromatic N) is 6. The lowest BCUT2D eigenvalue weighted by atomic mass is 10.0. The molecule has 0 amide bonds. The average Bonchev–Trinajstić information content (AvgIpc) is 3.50. The predicted octanol–water partition coefficient (Wildman–Crippen LogP) is 3.83. The molecule has 35 heavy (non-hydrogen) atoms. The van der Waals surface area contributed by atoms with Gasteiger partial charge in [-0.3, -0.25) is 14.1 Å². The van der Waals surface area contributed by atoms with Gasteiger partial charge in [-0.25, -0.2) is 14.8 Å². The van der Waals surface area contributed by atoms with Crippen molar-refractivity contribution in [1.29, 1.82) is 0 Å². The number of hydrogen-bond acceptors (Lipinski definition) is 6. The van der Waals surface area contributed by atoms with Crippen molar-refractivity contribution in [3.05, 3.63) is 95.3 Å². The molecule has 0 N–H and O–H groups in total. The summed E-state index contributed by atoms with van der Waals surface area (Å²) in [6.45, 7) is 5.22. The van der Waals surface area contributed by atoms with Gasteiger partial charge in [0.15, 0.2) is 5.69 Å². The number of carbonyl (C=O) groups is 1. The quantitative estimate of drug-likeness (QED) is 0.346. The van der Waals surface area contributed by atoms with Gasteiger partial charge in [0.2, 0.25) is 5.95 Å². The van der Waals surface area contributed by atoms with Gasteiger partial charge >= 0.3 is 5.97 Å². The van der Waals surface area contributed by atoms with Gasteiger partial charge in [0, 0.05) is 68.1 Å². The molecule has 8 heteroatoms. The van der Waals surface area contributed by atoms with Crippen molar-refractivity contribution in [2.45, 2.75) is 45.8 Å². The van der Waals surface area contributed by atoms with E-state index in [9.17, 15) is 4.79 Å². The number of ether oxygens (including phenoxy) is 1. The number of fused-ring (bicyclic) bond motifs is 1. The smallest absolute Gasteiger partial charge is 0.359 e. The zero-order valence-corrected chi connectivity index (χ0v) is 20.0. The van der Waals surface area contributed by atoms with Crippen LogP contribution in [0.4, 0.5) is 0 Å². The SMILES string of the molecule is CCOC(=O)c1nn(CCCc2ccccc2)c2c1CN(Cc1cccn1-c1ncccn1)CC2. The third-order valence-electron chi connectivity index (χ3n) is 6.35. The first-order valence-electron chi connectivity index (χ1n) is 12.2. The van der Waals surface area contributed by atoms with E-state index >= 15 is 0 Å². The largest absolute Gasteiger partial charge is 0.461 e. The number of aromatic nitrogens is 5. The molecule has 0 fully saturated rings. The van der Waals surface area contributed by atoms with E-state index in [1.165, 1.54) is 5.56 Å². The first-order chi connectivity index (χ1) is 17.2. The van der Waals surface area contributed by atoms with E-state index in [0.29, 0.717) is 24.8 Å². The van der Waals surface area contributed by atoms with Crippen molar-refractivity contribution in [3.63, 3.8) is 0 Å². The molecule has 0 saturated carbocycles. The highest BCUT2D eigenvalue weighted by molar-refractivity contribution is 5.89. The van der Waals surface area contributed by atoms with Crippen LogP contribution in [0.2, 0.25) is 0 Å². The Labute approximate surface area is 205 Å². The van der Waals surface area contributed by atoms with Crippen LogP contribution in [-0.2, 0) is 37.2 Å². The van der Waals surface area contributed by atoms with Crippen LogP contribution in [0.25, 0.3) is 5.95 Å². The van der Waals surface area contributed by atoms with Crippen LogP contribution in [0.3, 0.4) is 0 Å². The van der Waals surface area contributed by atoms with Gasteiger partial charge in [-0.2, -0.15) is 5.10 Å². The second kappa shape index (κ2) is 10.7. The fraction of sp³-hybridized carbons (Fsp3) is 0.333. The van der Waals surface area contributed by atoms with Crippen molar-refractivity contribution < 1.29 is 9.53 Å². The first-order valence-corrected chi connectivity index (χ1v) is 12.2. The Morgan fingerprint density at radius 3 is 2.69 bits per heavy atom. The van der Waals surface area contributed by atoms with Gasteiger partial charge in [0.05, 0.1) is 6.61 Å². The fourth-order valence-corrected chi connectivity index (χ4v) is 4.69. The zero-order chi connectivity index (χ0) is 24.0. The standard InChI is InChI=1S/C27H30N6O2/c1-2-35-26(34)25-23-20-31(19-22-12-7-16-32(22)27-28-14-8-15-29-27)18-13-24(23)33(30-25)17-6-11-21-9-4-3-5-10-21/h3-5,7-10,12,14-16H,2,6,11,13,17-20H2,1H3. The molecule has 180 valence electrons. The zero-order valence-electron chi connectivity index (χ0n) is 20.0. The number of esters is 1. The van der Waals surface area contributed by atoms with Crippen molar-refractivity contribution >= 4 is 5.97 Å². The van der Waals surface area contributed by atoms with Crippen LogP contribution in [0, 0.1) is 0 Å². The molecule has 0 spiro atoms. The molecule has 0 radical (unpaired) electrons. The fourth-order valence-electron chi connectivity index (χ4n) is 4.69. The van der Waals surface area contributed by atoms with Crippen LogP contribution < -0.4 is 0 Å². The van der Waals surface area contributed by atoms with Crippen molar-refractivity contribution in [1.82, 2.24) is 29.2 Å². The summed E-state index contributed by atoms with van der Waals surface area (Å²) in [5.74, 6) is 0.317. The van der Waals surface area contributed by atoms with E-state index in [1.54, 1.807) is 12.4 Å². The lowest BCUT2D eigenvalue weighted by Gasteiger charge is -2.28. The molecule has 1 aromatic carbocycles. The van der Waals surface area contributed by atoms with Crippen molar-refractivity contribution in [3.8, 4) is 5.95 Å². The Bertz CT molecular complexity index is 1270. The summed E-state index contributed by atoms with van der Waals surface area (Å²) in [6.07, 6.45) is 8.27. The summed E-state index contributed by atoms with van der Waals surface area (Å²) in [5, 5.41) is 4.73. The van der Waals surface area contributed by atoms with E-state index in [1.807, 2.05) is 40.6 Å². The van der Waals surface area contributed by atoms with Gasteiger partial charge < -0.3 is 4.74 Å². The second-order valence-corrected chi connectivity index (χ2v) is 8.69. The monoisotopic (exact) mass is 470 g/mol. The summed E-state index contributed by atoms with van der Waals surface area (Å²) in [5.41, 5.74) is 5.01. The van der Waals surface area contributed by atoms with Gasteiger partial charge in [-0.15, -0.1) is 0 Å². The third kappa shape index (κ3) is 5.17. The molecular formula is C27H30N6O2. The van der Waals surface area contributed by atoms with E-state index < -0.39 is 0 Å². The molecule has 0 aliphatic carbocycles. The maximum atomic E-state index is 12.8. The molecule has 0 unspecified atom stereocenters. The van der Waals surface area contributed by atoms with Gasteiger partial charge in [0.25, 0.3) is 0 Å². The molecule has 0 saturated heterocycles. The maximum absolute atomic E-state index is 12.8.